The van der Waals surface area contributed by atoms with Crippen molar-refractivity contribution in [3.63, 3.8) is 0 Å². The highest BCUT2D eigenvalue weighted by Crippen LogP contribution is 2.33. The van der Waals surface area contributed by atoms with E-state index in [2.05, 4.69) is 0 Å². The van der Waals surface area contributed by atoms with Gasteiger partial charge in [0.2, 0.25) is 6.79 Å². The van der Waals surface area contributed by atoms with Crippen LogP contribution in [0.4, 0.5) is 0 Å². The zero-order chi connectivity index (χ0) is 16.5. The van der Waals surface area contributed by atoms with Crippen LogP contribution < -0.4 is 14.2 Å². The second-order valence-electron chi connectivity index (χ2n) is 5.46. The fourth-order valence-electron chi connectivity index (χ4n) is 2.59. The van der Waals surface area contributed by atoms with Gasteiger partial charge in [-0.25, -0.2) is 0 Å². The number of hydrogen-bond acceptors (Lipinski definition) is 4. The average molecular weight is 341 g/mol. The molecule has 4 rings (SSSR count). The highest BCUT2D eigenvalue weighted by Gasteiger charge is 2.15. The highest BCUT2D eigenvalue weighted by molar-refractivity contribution is 6.30. The molecule has 2 aromatic carbocycles. The summed E-state index contributed by atoms with van der Waals surface area (Å²) in [5.41, 5.74) is 2.36. The van der Waals surface area contributed by atoms with Crippen molar-refractivity contribution in [2.75, 3.05) is 13.4 Å². The zero-order valence-electron chi connectivity index (χ0n) is 12.6. The van der Waals surface area contributed by atoms with Gasteiger partial charge in [0.05, 0.1) is 0 Å². The van der Waals surface area contributed by atoms with E-state index in [1.54, 1.807) is 30.3 Å². The molecule has 0 amide bonds. The first-order chi connectivity index (χ1) is 11.7. The Balaban J connectivity index is 1.54. The molecule has 0 aromatic heterocycles. The fourth-order valence-corrected chi connectivity index (χ4v) is 2.77. The summed E-state index contributed by atoms with van der Waals surface area (Å²) >= 11 is 6.00. The first kappa shape index (κ1) is 14.8. The van der Waals surface area contributed by atoms with Crippen LogP contribution in [0.1, 0.15) is 15.9 Å². The Hall–Kier alpha value is -2.72. The maximum absolute atomic E-state index is 12.3. The van der Waals surface area contributed by atoms with E-state index in [0.717, 1.165) is 16.9 Å². The number of ketones is 1. The minimum atomic E-state index is -0.105. The number of carbonyl (C=O) groups is 1. The predicted octanol–water partition coefficient (Wildman–Crippen LogP) is 4.28. The van der Waals surface area contributed by atoms with Crippen molar-refractivity contribution < 1.29 is 19.0 Å². The normalized spacial score (nSPS) is 15.0. The molecule has 5 heteroatoms. The van der Waals surface area contributed by atoms with Crippen molar-refractivity contribution in [2.24, 2.45) is 0 Å². The largest absolute Gasteiger partial charge is 0.488 e. The summed E-state index contributed by atoms with van der Waals surface area (Å²) in [6.45, 7) is 0.606. The van der Waals surface area contributed by atoms with E-state index in [9.17, 15) is 4.79 Å². The van der Waals surface area contributed by atoms with Crippen LogP contribution in [0.5, 0.6) is 17.2 Å². The van der Waals surface area contributed by atoms with Crippen molar-refractivity contribution in [2.45, 2.75) is 0 Å². The van der Waals surface area contributed by atoms with E-state index in [1.807, 2.05) is 18.2 Å². The van der Waals surface area contributed by atoms with Gasteiger partial charge in [0.1, 0.15) is 12.4 Å². The predicted molar refractivity (Wildman–Crippen MR) is 91.0 cm³/mol. The molecule has 24 heavy (non-hydrogen) atoms. The number of ether oxygens (including phenoxy) is 3. The van der Waals surface area contributed by atoms with Gasteiger partial charge in [0, 0.05) is 16.1 Å². The van der Waals surface area contributed by atoms with Gasteiger partial charge in [-0.2, -0.15) is 0 Å². The van der Waals surface area contributed by atoms with Gasteiger partial charge in [-0.1, -0.05) is 17.7 Å². The van der Waals surface area contributed by atoms with Crippen molar-refractivity contribution in [3.05, 3.63) is 70.3 Å². The molecule has 0 bridgehead atoms. The standard InChI is InChI=1S/C19H13ClO4/c20-15-3-6-17-14(8-15)7-12(10-22-17)1-4-16(21)13-2-5-18-19(9-13)24-11-23-18/h1-9H,10-11H2/b4-1+. The van der Waals surface area contributed by atoms with E-state index < -0.39 is 0 Å². The van der Waals surface area contributed by atoms with Gasteiger partial charge in [-0.15, -0.1) is 0 Å². The molecule has 0 atom stereocenters. The van der Waals surface area contributed by atoms with Crippen molar-refractivity contribution in [3.8, 4) is 17.2 Å². The van der Waals surface area contributed by atoms with Crippen molar-refractivity contribution in [1.82, 2.24) is 0 Å². The number of benzene rings is 2. The summed E-state index contributed by atoms with van der Waals surface area (Å²) in [6.07, 6.45) is 5.26. The molecule has 2 aliphatic heterocycles. The van der Waals surface area contributed by atoms with Crippen LogP contribution in [0.15, 0.2) is 54.1 Å². The third-order valence-electron chi connectivity index (χ3n) is 3.81. The van der Waals surface area contributed by atoms with Gasteiger partial charge in [-0.05, 0) is 54.1 Å². The maximum atomic E-state index is 12.3. The minimum absolute atomic E-state index is 0.105. The lowest BCUT2D eigenvalue weighted by molar-refractivity contribution is 0.104. The third kappa shape index (κ3) is 2.88. The summed E-state index contributed by atoms with van der Waals surface area (Å²) in [7, 11) is 0. The number of fused-ring (bicyclic) bond motifs is 2. The number of halogens is 1. The molecule has 2 aromatic rings. The highest BCUT2D eigenvalue weighted by atomic mass is 35.5. The lowest BCUT2D eigenvalue weighted by Gasteiger charge is -2.16. The van der Waals surface area contributed by atoms with Gasteiger partial charge in [-0.3, -0.25) is 4.79 Å². The molecule has 0 saturated heterocycles. The maximum Gasteiger partial charge on any atom is 0.231 e. The quantitative estimate of drug-likeness (QED) is 0.618. The molecule has 2 heterocycles. The molecule has 0 radical (unpaired) electrons. The smallest absolute Gasteiger partial charge is 0.231 e. The van der Waals surface area contributed by atoms with Crippen LogP contribution in [0, 0.1) is 0 Å². The van der Waals surface area contributed by atoms with E-state index in [1.165, 1.54) is 6.08 Å². The molecular weight excluding hydrogens is 328 g/mol. The molecule has 0 spiro atoms. The van der Waals surface area contributed by atoms with Gasteiger partial charge < -0.3 is 14.2 Å². The lowest BCUT2D eigenvalue weighted by Crippen LogP contribution is -2.06. The second-order valence-corrected chi connectivity index (χ2v) is 5.89. The fraction of sp³-hybridized carbons (Fsp3) is 0.105. The van der Waals surface area contributed by atoms with Crippen LogP contribution in [0.25, 0.3) is 6.08 Å². The van der Waals surface area contributed by atoms with Crippen LogP contribution in [0.3, 0.4) is 0 Å². The molecule has 0 aliphatic carbocycles. The molecule has 0 saturated carbocycles. The van der Waals surface area contributed by atoms with Crippen LogP contribution in [-0.2, 0) is 0 Å². The van der Waals surface area contributed by atoms with Crippen molar-refractivity contribution in [1.29, 1.82) is 0 Å². The second kappa shape index (κ2) is 6.06. The van der Waals surface area contributed by atoms with Gasteiger partial charge >= 0.3 is 0 Å². The summed E-state index contributed by atoms with van der Waals surface area (Å²) in [5.74, 6) is 1.94. The Kier molecular flexibility index (Phi) is 3.75. The summed E-state index contributed by atoms with van der Waals surface area (Å²) < 4.78 is 16.2. The third-order valence-corrected chi connectivity index (χ3v) is 4.05. The summed E-state index contributed by atoms with van der Waals surface area (Å²) in [5, 5.41) is 0.648. The Morgan fingerprint density at radius 2 is 1.83 bits per heavy atom. The van der Waals surface area contributed by atoms with E-state index in [0.29, 0.717) is 28.7 Å². The molecule has 120 valence electrons. The summed E-state index contributed by atoms with van der Waals surface area (Å²) in [6, 6.07) is 10.6. The van der Waals surface area contributed by atoms with Gasteiger partial charge in [0.15, 0.2) is 17.3 Å². The lowest BCUT2D eigenvalue weighted by atomic mass is 10.1. The summed E-state index contributed by atoms with van der Waals surface area (Å²) in [4.78, 5) is 12.3. The number of rotatable bonds is 3. The number of carbonyl (C=O) groups excluding carboxylic acids is 1. The molecule has 0 N–H and O–H groups in total. The number of allylic oxidation sites excluding steroid dienone is 1. The SMILES string of the molecule is O=C(/C=C/C1=Cc2cc(Cl)ccc2OC1)c1ccc2c(c1)OCO2. The monoisotopic (exact) mass is 340 g/mol. The zero-order valence-corrected chi connectivity index (χ0v) is 13.4. The Morgan fingerprint density at radius 3 is 2.75 bits per heavy atom. The molecule has 0 fully saturated rings. The first-order valence-electron chi connectivity index (χ1n) is 7.44. The van der Waals surface area contributed by atoms with Crippen LogP contribution >= 0.6 is 11.6 Å². The minimum Gasteiger partial charge on any atom is -0.488 e. The average Bonchev–Trinajstić information content (AvgIpc) is 3.06. The molecule has 2 aliphatic rings. The van der Waals surface area contributed by atoms with Crippen LogP contribution in [0.2, 0.25) is 5.02 Å². The topological polar surface area (TPSA) is 44.8 Å². The molecule has 4 nitrogen and oxygen atoms in total. The Labute approximate surface area is 143 Å². The Morgan fingerprint density at radius 1 is 1.00 bits per heavy atom. The van der Waals surface area contributed by atoms with E-state index in [-0.39, 0.29) is 12.6 Å². The number of hydrogen-bond donors (Lipinski definition) is 0. The molecular formula is C19H13ClO4. The van der Waals surface area contributed by atoms with Gasteiger partial charge in [0.25, 0.3) is 0 Å². The van der Waals surface area contributed by atoms with E-state index >= 15 is 0 Å². The first-order valence-corrected chi connectivity index (χ1v) is 7.82. The Bertz CT molecular complexity index is 883. The van der Waals surface area contributed by atoms with E-state index in [4.69, 9.17) is 25.8 Å². The van der Waals surface area contributed by atoms with Crippen molar-refractivity contribution >= 4 is 23.5 Å². The van der Waals surface area contributed by atoms with Crippen LogP contribution in [-0.4, -0.2) is 19.2 Å². The molecule has 0 unspecified atom stereocenters.